The largest absolute Gasteiger partial charge is 0.480 e. The quantitative estimate of drug-likeness (QED) is 0.512. The van der Waals surface area contributed by atoms with E-state index < -0.39 is 24.1 Å². The van der Waals surface area contributed by atoms with Gasteiger partial charge in [0.15, 0.2) is 6.04 Å². The second-order valence-corrected chi connectivity index (χ2v) is 3.80. The molecule has 88 valence electrons. The summed E-state index contributed by atoms with van der Waals surface area (Å²) in [6.07, 6.45) is -1.13. The molecule has 0 aromatic heterocycles. The third kappa shape index (κ3) is 5.90. The van der Waals surface area contributed by atoms with Crippen molar-refractivity contribution in [3.8, 4) is 0 Å². The van der Waals surface area contributed by atoms with Crippen molar-refractivity contribution in [1.82, 2.24) is 10.6 Å². The molecular formula is C9H18N2O4. The molecule has 0 saturated carbocycles. The summed E-state index contributed by atoms with van der Waals surface area (Å²) in [5, 5.41) is 22.4. The predicted octanol–water partition coefficient (Wildman–Crippen LogP) is -0.224. The molecule has 0 rings (SSSR count). The number of carboxylic acids is 1. The van der Waals surface area contributed by atoms with Crippen LogP contribution in [0.15, 0.2) is 0 Å². The highest BCUT2D eigenvalue weighted by Crippen LogP contribution is 1.93. The van der Waals surface area contributed by atoms with Crippen LogP contribution in [-0.2, 0) is 4.79 Å². The van der Waals surface area contributed by atoms with Crippen LogP contribution >= 0.6 is 0 Å². The highest BCUT2D eigenvalue weighted by Gasteiger charge is 2.24. The molecule has 0 aromatic rings. The van der Waals surface area contributed by atoms with Crippen molar-refractivity contribution in [2.24, 2.45) is 5.92 Å². The fraction of sp³-hybridized carbons (Fsp3) is 0.778. The van der Waals surface area contributed by atoms with Gasteiger partial charge in [-0.3, -0.25) is 0 Å². The van der Waals surface area contributed by atoms with Crippen molar-refractivity contribution >= 4 is 12.0 Å². The fourth-order valence-electron chi connectivity index (χ4n) is 0.878. The molecule has 0 bridgehead atoms. The number of rotatable bonds is 5. The minimum atomic E-state index is -1.28. The van der Waals surface area contributed by atoms with Gasteiger partial charge in [-0.05, 0) is 12.8 Å². The molecule has 2 atom stereocenters. The first-order valence-corrected chi connectivity index (χ1v) is 4.79. The molecule has 2 amide bonds. The highest BCUT2D eigenvalue weighted by molar-refractivity contribution is 5.82. The number of amides is 2. The molecule has 0 heterocycles. The molecule has 6 heteroatoms. The standard InChI is InChI=1S/C9H18N2O4/c1-5(2)4-10-9(15)11-7(6(3)12)8(13)14/h5-7,12H,4H2,1-3H3,(H,13,14)(H2,10,11,15). The lowest BCUT2D eigenvalue weighted by molar-refractivity contribution is -0.141. The van der Waals surface area contributed by atoms with Crippen molar-refractivity contribution in [3.05, 3.63) is 0 Å². The number of carbonyl (C=O) groups is 2. The zero-order valence-electron chi connectivity index (χ0n) is 9.15. The predicted molar refractivity (Wildman–Crippen MR) is 54.5 cm³/mol. The number of nitrogens with one attached hydrogen (secondary N) is 2. The third-order valence-electron chi connectivity index (χ3n) is 1.71. The average molecular weight is 218 g/mol. The number of urea groups is 1. The summed E-state index contributed by atoms with van der Waals surface area (Å²) in [5.41, 5.74) is 0. The van der Waals surface area contributed by atoms with Gasteiger partial charge in [0.25, 0.3) is 0 Å². The van der Waals surface area contributed by atoms with E-state index in [4.69, 9.17) is 10.2 Å². The van der Waals surface area contributed by atoms with Crippen LogP contribution in [0.2, 0.25) is 0 Å². The van der Waals surface area contributed by atoms with Crippen LogP contribution < -0.4 is 10.6 Å². The average Bonchev–Trinajstić information content (AvgIpc) is 2.09. The Balaban J connectivity index is 4.07. The van der Waals surface area contributed by atoms with E-state index in [1.807, 2.05) is 13.8 Å². The highest BCUT2D eigenvalue weighted by atomic mass is 16.4. The minimum Gasteiger partial charge on any atom is -0.480 e. The van der Waals surface area contributed by atoms with Crippen LogP contribution in [0.1, 0.15) is 20.8 Å². The first kappa shape index (κ1) is 13.7. The van der Waals surface area contributed by atoms with Gasteiger partial charge in [-0.25, -0.2) is 9.59 Å². The van der Waals surface area contributed by atoms with E-state index in [1.54, 1.807) is 0 Å². The van der Waals surface area contributed by atoms with Crippen LogP contribution in [-0.4, -0.2) is 40.9 Å². The SMILES string of the molecule is CC(C)CNC(=O)NC(C(=O)O)C(C)O. The Morgan fingerprint density at radius 2 is 1.80 bits per heavy atom. The molecule has 4 N–H and O–H groups in total. The number of hydrogen-bond acceptors (Lipinski definition) is 3. The number of aliphatic hydroxyl groups is 1. The molecular weight excluding hydrogens is 200 g/mol. The van der Waals surface area contributed by atoms with Crippen molar-refractivity contribution in [2.75, 3.05) is 6.54 Å². The molecule has 0 fully saturated rings. The Labute approximate surface area is 88.7 Å². The monoisotopic (exact) mass is 218 g/mol. The van der Waals surface area contributed by atoms with Gasteiger partial charge in [0.2, 0.25) is 0 Å². The van der Waals surface area contributed by atoms with Gasteiger partial charge >= 0.3 is 12.0 Å². The molecule has 0 saturated heterocycles. The van der Waals surface area contributed by atoms with E-state index >= 15 is 0 Å². The summed E-state index contributed by atoms with van der Waals surface area (Å²) in [6, 6.07) is -1.87. The summed E-state index contributed by atoms with van der Waals surface area (Å²) < 4.78 is 0. The van der Waals surface area contributed by atoms with Crippen LogP contribution in [0, 0.1) is 5.92 Å². The van der Waals surface area contributed by atoms with Gasteiger partial charge in [-0.15, -0.1) is 0 Å². The van der Waals surface area contributed by atoms with Gasteiger partial charge < -0.3 is 20.8 Å². The maximum Gasteiger partial charge on any atom is 0.328 e. The normalized spacial score (nSPS) is 14.5. The van der Waals surface area contributed by atoms with E-state index in [0.717, 1.165) is 0 Å². The zero-order chi connectivity index (χ0) is 12.0. The van der Waals surface area contributed by atoms with Gasteiger partial charge in [-0.1, -0.05) is 13.8 Å². The zero-order valence-corrected chi connectivity index (χ0v) is 9.15. The minimum absolute atomic E-state index is 0.283. The number of aliphatic hydroxyl groups excluding tert-OH is 1. The van der Waals surface area contributed by atoms with Crippen LogP contribution in [0.5, 0.6) is 0 Å². The number of hydrogen-bond donors (Lipinski definition) is 4. The van der Waals surface area contributed by atoms with Crippen molar-refractivity contribution in [2.45, 2.75) is 32.9 Å². The van der Waals surface area contributed by atoms with Crippen molar-refractivity contribution in [1.29, 1.82) is 0 Å². The Bertz CT molecular complexity index is 228. The maximum atomic E-state index is 11.2. The van der Waals surface area contributed by atoms with Gasteiger partial charge in [0, 0.05) is 6.54 Å². The Morgan fingerprint density at radius 3 is 2.13 bits per heavy atom. The van der Waals surface area contributed by atoms with E-state index in [-0.39, 0.29) is 5.92 Å². The summed E-state index contributed by atoms with van der Waals surface area (Å²) in [4.78, 5) is 21.8. The number of carbonyl (C=O) groups excluding carboxylic acids is 1. The van der Waals surface area contributed by atoms with E-state index in [1.165, 1.54) is 6.92 Å². The molecule has 0 aliphatic heterocycles. The van der Waals surface area contributed by atoms with Crippen LogP contribution in [0.4, 0.5) is 4.79 Å². The second kappa shape index (κ2) is 6.23. The maximum absolute atomic E-state index is 11.2. The molecule has 0 radical (unpaired) electrons. The van der Waals surface area contributed by atoms with Crippen molar-refractivity contribution in [3.63, 3.8) is 0 Å². The lowest BCUT2D eigenvalue weighted by Crippen LogP contribution is -2.51. The Kier molecular flexibility index (Phi) is 5.69. The molecule has 6 nitrogen and oxygen atoms in total. The lowest BCUT2D eigenvalue weighted by Gasteiger charge is -2.17. The summed E-state index contributed by atoms with van der Waals surface area (Å²) in [6.45, 7) is 5.60. The number of carboxylic acid groups (broad SMARTS) is 1. The summed E-state index contributed by atoms with van der Waals surface area (Å²) in [5.74, 6) is -0.977. The lowest BCUT2D eigenvalue weighted by atomic mass is 10.2. The van der Waals surface area contributed by atoms with Gasteiger partial charge in [-0.2, -0.15) is 0 Å². The molecule has 0 aliphatic carbocycles. The van der Waals surface area contributed by atoms with E-state index in [9.17, 15) is 9.59 Å². The Morgan fingerprint density at radius 1 is 1.27 bits per heavy atom. The first-order valence-electron chi connectivity index (χ1n) is 4.79. The molecule has 0 spiro atoms. The smallest absolute Gasteiger partial charge is 0.328 e. The molecule has 15 heavy (non-hydrogen) atoms. The number of aliphatic carboxylic acids is 1. The molecule has 0 aromatic carbocycles. The van der Waals surface area contributed by atoms with Crippen LogP contribution in [0.25, 0.3) is 0 Å². The second-order valence-electron chi connectivity index (χ2n) is 3.80. The fourth-order valence-corrected chi connectivity index (χ4v) is 0.878. The molecule has 0 aliphatic rings. The molecule has 2 unspecified atom stereocenters. The third-order valence-corrected chi connectivity index (χ3v) is 1.71. The van der Waals surface area contributed by atoms with E-state index in [0.29, 0.717) is 6.54 Å². The Hall–Kier alpha value is -1.30. The van der Waals surface area contributed by atoms with Crippen molar-refractivity contribution < 1.29 is 19.8 Å². The summed E-state index contributed by atoms with van der Waals surface area (Å²) >= 11 is 0. The van der Waals surface area contributed by atoms with Gasteiger partial charge in [0.1, 0.15) is 0 Å². The van der Waals surface area contributed by atoms with E-state index in [2.05, 4.69) is 10.6 Å². The van der Waals surface area contributed by atoms with Gasteiger partial charge in [0.05, 0.1) is 6.10 Å². The first-order chi connectivity index (χ1) is 6.84. The topological polar surface area (TPSA) is 98.7 Å². The van der Waals surface area contributed by atoms with Crippen LogP contribution in [0.3, 0.4) is 0 Å². The summed E-state index contributed by atoms with van der Waals surface area (Å²) in [7, 11) is 0.